The molecule has 2 aromatic carbocycles. The summed E-state index contributed by atoms with van der Waals surface area (Å²) in [5, 5.41) is 9.32. The lowest BCUT2D eigenvalue weighted by molar-refractivity contribution is -0.143. The fraction of sp³-hybridized carbons (Fsp3) is 0.273. The summed E-state index contributed by atoms with van der Waals surface area (Å²) >= 11 is 0. The maximum Gasteiger partial charge on any atom is 0.416 e. The number of alkyl halides is 6. The van der Waals surface area contributed by atoms with Crippen molar-refractivity contribution in [2.24, 2.45) is 0 Å². The SMILES string of the molecule is COc1cc(C2CC(=O)Nc3n[nH]cc32)ccc1OCc1ccc(C(F)(F)F)cc1C(F)(F)F. The van der Waals surface area contributed by atoms with Crippen molar-refractivity contribution in [2.75, 3.05) is 12.4 Å². The number of nitrogens with one attached hydrogen (secondary N) is 2. The number of rotatable bonds is 5. The van der Waals surface area contributed by atoms with Crippen molar-refractivity contribution >= 4 is 11.7 Å². The van der Waals surface area contributed by atoms with E-state index in [1.807, 2.05) is 0 Å². The molecule has 0 saturated carbocycles. The number of nitrogens with zero attached hydrogens (tertiary/aromatic N) is 1. The zero-order valence-corrected chi connectivity index (χ0v) is 17.5. The largest absolute Gasteiger partial charge is 0.493 e. The van der Waals surface area contributed by atoms with E-state index in [1.165, 1.54) is 13.2 Å². The Labute approximate surface area is 188 Å². The van der Waals surface area contributed by atoms with Gasteiger partial charge in [0.05, 0.1) is 18.2 Å². The van der Waals surface area contributed by atoms with Gasteiger partial charge >= 0.3 is 12.4 Å². The average Bonchev–Trinajstić information content (AvgIpc) is 3.24. The summed E-state index contributed by atoms with van der Waals surface area (Å²) in [6.07, 6.45) is -8.11. The number of fused-ring (bicyclic) bond motifs is 1. The molecule has 0 spiro atoms. The standard InChI is InChI=1S/C22H17F6N3O3/c1-33-18-6-11(14-8-19(32)30-20-15(14)9-29-31-20)3-5-17(18)34-10-12-2-4-13(21(23,24)25)7-16(12)22(26,27)28/h2-7,9,14H,8,10H2,1H3,(H2,29,30,31,32). The summed E-state index contributed by atoms with van der Waals surface area (Å²) < 4.78 is 89.6. The number of ether oxygens (including phenoxy) is 2. The molecule has 4 rings (SSSR count). The Morgan fingerprint density at radius 2 is 1.79 bits per heavy atom. The van der Waals surface area contributed by atoms with Gasteiger partial charge in [-0.3, -0.25) is 9.89 Å². The van der Waals surface area contributed by atoms with Crippen LogP contribution in [0.1, 0.15) is 40.2 Å². The van der Waals surface area contributed by atoms with E-state index in [0.29, 0.717) is 17.4 Å². The number of H-pyrrole nitrogens is 1. The molecule has 1 amide bonds. The first-order valence-electron chi connectivity index (χ1n) is 9.89. The Morgan fingerprint density at radius 3 is 2.47 bits per heavy atom. The number of amides is 1. The number of aromatic nitrogens is 2. The highest BCUT2D eigenvalue weighted by Gasteiger charge is 2.38. The van der Waals surface area contributed by atoms with Crippen LogP contribution >= 0.6 is 0 Å². The Hall–Kier alpha value is -3.70. The number of carbonyl (C=O) groups is 1. The molecule has 1 aromatic heterocycles. The second-order valence-corrected chi connectivity index (χ2v) is 7.56. The minimum absolute atomic E-state index is 0.0651. The molecule has 0 radical (unpaired) electrons. The van der Waals surface area contributed by atoms with Crippen LogP contribution < -0.4 is 14.8 Å². The predicted octanol–water partition coefficient (Wildman–Crippen LogP) is 5.51. The van der Waals surface area contributed by atoms with Crippen LogP contribution in [0.3, 0.4) is 0 Å². The summed E-state index contributed by atoms with van der Waals surface area (Å²) in [5.74, 6) is 0.117. The lowest BCUT2D eigenvalue weighted by Gasteiger charge is -2.23. The molecule has 1 atom stereocenters. The van der Waals surface area contributed by atoms with E-state index in [9.17, 15) is 31.1 Å². The molecule has 2 N–H and O–H groups in total. The predicted molar refractivity (Wildman–Crippen MR) is 107 cm³/mol. The van der Waals surface area contributed by atoms with Gasteiger partial charge in [-0.2, -0.15) is 31.4 Å². The lowest BCUT2D eigenvalue weighted by Crippen LogP contribution is -2.23. The van der Waals surface area contributed by atoms with Gasteiger partial charge in [-0.1, -0.05) is 12.1 Å². The van der Waals surface area contributed by atoms with Crippen LogP contribution in [0, 0.1) is 0 Å². The smallest absolute Gasteiger partial charge is 0.416 e. The van der Waals surface area contributed by atoms with E-state index >= 15 is 0 Å². The summed E-state index contributed by atoms with van der Waals surface area (Å²) in [7, 11) is 1.34. The van der Waals surface area contributed by atoms with Gasteiger partial charge in [0.25, 0.3) is 0 Å². The van der Waals surface area contributed by atoms with Gasteiger partial charge in [-0.25, -0.2) is 0 Å². The molecule has 1 aliphatic heterocycles. The molecule has 1 aliphatic rings. The molecule has 3 aromatic rings. The normalized spacial score (nSPS) is 16.1. The van der Waals surface area contributed by atoms with Crippen LogP contribution in [0.4, 0.5) is 32.2 Å². The first-order valence-corrected chi connectivity index (χ1v) is 9.89. The molecule has 34 heavy (non-hydrogen) atoms. The number of methoxy groups -OCH3 is 1. The van der Waals surface area contributed by atoms with Crippen molar-refractivity contribution in [2.45, 2.75) is 31.3 Å². The minimum Gasteiger partial charge on any atom is -0.493 e. The molecule has 0 saturated heterocycles. The van der Waals surface area contributed by atoms with Crippen LogP contribution in [-0.4, -0.2) is 23.2 Å². The number of hydrogen-bond acceptors (Lipinski definition) is 4. The summed E-state index contributed by atoms with van der Waals surface area (Å²) in [5.41, 5.74) is -1.85. The number of hydrogen-bond donors (Lipinski definition) is 2. The van der Waals surface area contributed by atoms with E-state index < -0.39 is 35.6 Å². The lowest BCUT2D eigenvalue weighted by atomic mass is 9.87. The van der Waals surface area contributed by atoms with Gasteiger partial charge in [-0.15, -0.1) is 0 Å². The van der Waals surface area contributed by atoms with Crippen molar-refractivity contribution in [1.82, 2.24) is 10.2 Å². The Bertz CT molecular complexity index is 1220. The van der Waals surface area contributed by atoms with Gasteiger partial charge in [-0.05, 0) is 29.8 Å². The van der Waals surface area contributed by atoms with Crippen molar-refractivity contribution < 1.29 is 40.6 Å². The molecule has 12 heteroatoms. The summed E-state index contributed by atoms with van der Waals surface area (Å²) in [4.78, 5) is 12.0. The van der Waals surface area contributed by atoms with Gasteiger partial charge < -0.3 is 14.8 Å². The molecule has 1 unspecified atom stereocenters. The molecule has 0 aliphatic carbocycles. The van der Waals surface area contributed by atoms with E-state index in [4.69, 9.17) is 9.47 Å². The van der Waals surface area contributed by atoms with Crippen LogP contribution in [-0.2, 0) is 23.8 Å². The average molecular weight is 485 g/mol. The van der Waals surface area contributed by atoms with E-state index in [-0.39, 0.29) is 35.8 Å². The van der Waals surface area contributed by atoms with Crippen LogP contribution in [0.15, 0.2) is 42.6 Å². The topological polar surface area (TPSA) is 76.2 Å². The third-order valence-electron chi connectivity index (χ3n) is 5.41. The highest BCUT2D eigenvalue weighted by Crippen LogP contribution is 2.41. The van der Waals surface area contributed by atoms with Crippen molar-refractivity contribution in [3.8, 4) is 11.5 Å². The fourth-order valence-corrected chi connectivity index (χ4v) is 3.76. The number of carbonyl (C=O) groups excluding carboxylic acids is 1. The second-order valence-electron chi connectivity index (χ2n) is 7.56. The molecule has 0 fully saturated rings. The maximum atomic E-state index is 13.4. The molecular weight excluding hydrogens is 468 g/mol. The van der Waals surface area contributed by atoms with Crippen LogP contribution in [0.2, 0.25) is 0 Å². The molecule has 6 nitrogen and oxygen atoms in total. The van der Waals surface area contributed by atoms with Crippen molar-refractivity contribution in [3.63, 3.8) is 0 Å². The number of aromatic amines is 1. The monoisotopic (exact) mass is 485 g/mol. The van der Waals surface area contributed by atoms with Gasteiger partial charge in [0, 0.05) is 29.7 Å². The third kappa shape index (κ3) is 4.66. The van der Waals surface area contributed by atoms with Gasteiger partial charge in [0.1, 0.15) is 6.61 Å². The Balaban J connectivity index is 1.60. The number of benzene rings is 2. The molecular formula is C22H17F6N3O3. The van der Waals surface area contributed by atoms with E-state index in [2.05, 4.69) is 15.5 Å². The first-order chi connectivity index (χ1) is 16.0. The fourth-order valence-electron chi connectivity index (χ4n) is 3.76. The van der Waals surface area contributed by atoms with Gasteiger partial charge in [0.15, 0.2) is 17.3 Å². The Kier molecular flexibility index (Phi) is 5.92. The summed E-state index contributed by atoms with van der Waals surface area (Å²) in [6.45, 7) is -0.638. The quantitative estimate of drug-likeness (QED) is 0.468. The zero-order chi connectivity index (χ0) is 24.7. The first kappa shape index (κ1) is 23.5. The zero-order valence-electron chi connectivity index (χ0n) is 17.5. The number of anilines is 1. The molecule has 180 valence electrons. The van der Waals surface area contributed by atoms with Crippen molar-refractivity contribution in [1.29, 1.82) is 0 Å². The minimum atomic E-state index is -5.00. The van der Waals surface area contributed by atoms with Gasteiger partial charge in [0.2, 0.25) is 5.91 Å². The highest BCUT2D eigenvalue weighted by molar-refractivity contribution is 5.94. The maximum absolute atomic E-state index is 13.4. The van der Waals surface area contributed by atoms with E-state index in [0.717, 1.165) is 11.6 Å². The molecule has 2 heterocycles. The van der Waals surface area contributed by atoms with E-state index in [1.54, 1.807) is 18.3 Å². The van der Waals surface area contributed by atoms with Crippen LogP contribution in [0.5, 0.6) is 11.5 Å². The van der Waals surface area contributed by atoms with Crippen LogP contribution in [0.25, 0.3) is 0 Å². The van der Waals surface area contributed by atoms with Crippen molar-refractivity contribution in [3.05, 3.63) is 70.4 Å². The molecule has 0 bridgehead atoms. The second kappa shape index (κ2) is 8.58. The Morgan fingerprint density at radius 1 is 1.03 bits per heavy atom. The summed E-state index contributed by atoms with van der Waals surface area (Å²) in [6, 6.07) is 6.08. The third-order valence-corrected chi connectivity index (χ3v) is 5.41. The number of halogens is 6. The highest BCUT2D eigenvalue weighted by atomic mass is 19.4.